The van der Waals surface area contributed by atoms with Crippen molar-refractivity contribution in [2.24, 2.45) is 0 Å². The smallest absolute Gasteiger partial charge is 0.325 e. The van der Waals surface area contributed by atoms with Gasteiger partial charge in [0.1, 0.15) is 12.3 Å². The number of benzene rings is 2. The van der Waals surface area contributed by atoms with E-state index in [4.69, 9.17) is 18.9 Å². The summed E-state index contributed by atoms with van der Waals surface area (Å²) < 4.78 is 21.9. The predicted molar refractivity (Wildman–Crippen MR) is 114 cm³/mol. The van der Waals surface area contributed by atoms with Crippen molar-refractivity contribution in [3.63, 3.8) is 0 Å². The van der Waals surface area contributed by atoms with Crippen molar-refractivity contribution >= 4 is 23.5 Å². The Labute approximate surface area is 185 Å². The zero-order valence-electron chi connectivity index (χ0n) is 17.6. The molecule has 32 heavy (non-hydrogen) atoms. The molecule has 1 heterocycles. The molecule has 9 nitrogen and oxygen atoms in total. The Morgan fingerprint density at radius 2 is 1.81 bits per heavy atom. The third-order valence-corrected chi connectivity index (χ3v) is 5.27. The maximum atomic E-state index is 12.1. The van der Waals surface area contributed by atoms with E-state index in [-0.39, 0.29) is 6.54 Å². The van der Waals surface area contributed by atoms with Crippen molar-refractivity contribution in [2.45, 2.75) is 31.5 Å². The number of amides is 2. The molecule has 9 heteroatoms. The van der Waals surface area contributed by atoms with Gasteiger partial charge in [-0.1, -0.05) is 6.07 Å². The van der Waals surface area contributed by atoms with Crippen molar-refractivity contribution < 1.29 is 33.3 Å². The summed E-state index contributed by atoms with van der Waals surface area (Å²) in [4.78, 5) is 36.1. The first kappa shape index (κ1) is 21.5. The molecule has 0 saturated heterocycles. The monoisotopic (exact) mass is 440 g/mol. The van der Waals surface area contributed by atoms with Crippen LogP contribution in [0.2, 0.25) is 0 Å². The van der Waals surface area contributed by atoms with Crippen molar-refractivity contribution in [1.82, 2.24) is 5.32 Å². The summed E-state index contributed by atoms with van der Waals surface area (Å²) in [6.45, 7) is -0.846. The summed E-state index contributed by atoms with van der Waals surface area (Å²) in [7, 11) is 1.50. The first-order chi connectivity index (χ1) is 15.5. The number of methoxy groups -OCH3 is 1. The number of hydrogen-bond donors (Lipinski definition) is 2. The zero-order valence-corrected chi connectivity index (χ0v) is 17.6. The van der Waals surface area contributed by atoms with Crippen LogP contribution in [0.4, 0.5) is 5.69 Å². The molecule has 1 saturated carbocycles. The van der Waals surface area contributed by atoms with Gasteiger partial charge in [0.2, 0.25) is 0 Å². The van der Waals surface area contributed by atoms with Crippen LogP contribution in [-0.4, -0.2) is 43.8 Å². The summed E-state index contributed by atoms with van der Waals surface area (Å²) in [5, 5.41) is 5.10. The fourth-order valence-electron chi connectivity index (χ4n) is 3.70. The molecule has 2 N–H and O–H groups in total. The van der Waals surface area contributed by atoms with E-state index in [9.17, 15) is 14.4 Å². The van der Waals surface area contributed by atoms with E-state index in [1.807, 2.05) is 0 Å². The van der Waals surface area contributed by atoms with Gasteiger partial charge in [-0.2, -0.15) is 0 Å². The molecule has 1 aliphatic carbocycles. The Morgan fingerprint density at radius 1 is 1.03 bits per heavy atom. The maximum absolute atomic E-state index is 12.1. The fourth-order valence-corrected chi connectivity index (χ4v) is 3.70. The SMILES string of the molecule is COc1cccc(C(=O)NCC(=O)OCC(=O)Nc2ccc3c(c2)OC2(CCCC2)O3)c1. The second-order valence-electron chi connectivity index (χ2n) is 7.61. The summed E-state index contributed by atoms with van der Waals surface area (Å²) in [5.41, 5.74) is 0.854. The predicted octanol–water partition coefficient (Wildman–Crippen LogP) is 2.65. The van der Waals surface area contributed by atoms with Crippen LogP contribution in [0, 0.1) is 0 Å². The van der Waals surface area contributed by atoms with E-state index in [0.29, 0.717) is 28.5 Å². The third kappa shape index (κ3) is 4.93. The minimum Gasteiger partial charge on any atom is -0.497 e. The summed E-state index contributed by atoms with van der Waals surface area (Å²) in [5.74, 6) is -0.498. The average Bonchev–Trinajstić information content (AvgIpc) is 3.41. The number of anilines is 1. The lowest BCUT2D eigenvalue weighted by molar-refractivity contribution is -0.146. The Kier molecular flexibility index (Phi) is 6.16. The average molecular weight is 440 g/mol. The lowest BCUT2D eigenvalue weighted by Crippen LogP contribution is -2.34. The normalized spacial score (nSPS) is 15.3. The summed E-state index contributed by atoms with van der Waals surface area (Å²) >= 11 is 0. The molecule has 4 rings (SSSR count). The molecule has 1 aliphatic heterocycles. The highest BCUT2D eigenvalue weighted by Crippen LogP contribution is 2.47. The minimum absolute atomic E-state index is 0.345. The first-order valence-electron chi connectivity index (χ1n) is 10.4. The van der Waals surface area contributed by atoms with Crippen LogP contribution >= 0.6 is 0 Å². The molecule has 0 radical (unpaired) electrons. The van der Waals surface area contributed by atoms with E-state index in [1.54, 1.807) is 42.5 Å². The van der Waals surface area contributed by atoms with E-state index >= 15 is 0 Å². The minimum atomic E-state index is -0.731. The second-order valence-corrected chi connectivity index (χ2v) is 7.61. The highest BCUT2D eigenvalue weighted by atomic mass is 16.7. The van der Waals surface area contributed by atoms with Crippen molar-refractivity contribution in [2.75, 3.05) is 25.6 Å². The number of esters is 1. The summed E-state index contributed by atoms with van der Waals surface area (Å²) in [6.07, 6.45) is 3.80. The summed E-state index contributed by atoms with van der Waals surface area (Å²) in [6, 6.07) is 11.7. The molecule has 2 aromatic rings. The van der Waals surface area contributed by atoms with Crippen molar-refractivity contribution in [3.8, 4) is 17.2 Å². The standard InChI is InChI=1S/C23H24N2O7/c1-29-17-6-4-5-15(11-17)22(28)24-13-21(27)30-14-20(26)25-16-7-8-18-19(12-16)32-23(31-18)9-2-3-10-23/h4-8,11-12H,2-3,9-10,13-14H2,1H3,(H,24,28)(H,25,26). The maximum Gasteiger partial charge on any atom is 0.325 e. The molecule has 1 spiro atoms. The van der Waals surface area contributed by atoms with Gasteiger partial charge in [0, 0.05) is 30.2 Å². The number of ether oxygens (including phenoxy) is 4. The van der Waals surface area contributed by atoms with Crippen LogP contribution in [0.15, 0.2) is 42.5 Å². The van der Waals surface area contributed by atoms with Gasteiger partial charge in [-0.05, 0) is 43.2 Å². The number of carbonyl (C=O) groups is 3. The Balaban J connectivity index is 1.21. The quantitative estimate of drug-likeness (QED) is 0.637. The lowest BCUT2D eigenvalue weighted by atomic mass is 10.2. The Morgan fingerprint density at radius 3 is 2.59 bits per heavy atom. The highest BCUT2D eigenvalue weighted by molar-refractivity contribution is 5.97. The molecule has 0 unspecified atom stereocenters. The number of nitrogens with one attached hydrogen (secondary N) is 2. The number of hydrogen-bond acceptors (Lipinski definition) is 7. The van der Waals surface area contributed by atoms with E-state index in [1.165, 1.54) is 7.11 Å². The lowest BCUT2D eigenvalue weighted by Gasteiger charge is -2.21. The van der Waals surface area contributed by atoms with E-state index in [2.05, 4.69) is 10.6 Å². The number of fused-ring (bicyclic) bond motifs is 1. The largest absolute Gasteiger partial charge is 0.497 e. The van der Waals surface area contributed by atoms with Gasteiger partial charge in [-0.3, -0.25) is 14.4 Å². The molecule has 168 valence electrons. The van der Waals surface area contributed by atoms with Crippen LogP contribution in [0.5, 0.6) is 17.2 Å². The van der Waals surface area contributed by atoms with E-state index < -0.39 is 30.2 Å². The van der Waals surface area contributed by atoms with Gasteiger partial charge in [-0.15, -0.1) is 0 Å². The van der Waals surface area contributed by atoms with Crippen LogP contribution in [-0.2, 0) is 14.3 Å². The van der Waals surface area contributed by atoms with Crippen molar-refractivity contribution in [1.29, 1.82) is 0 Å². The van der Waals surface area contributed by atoms with Gasteiger partial charge < -0.3 is 29.6 Å². The Hall–Kier alpha value is -3.75. The molecule has 2 aromatic carbocycles. The van der Waals surface area contributed by atoms with Gasteiger partial charge in [0.25, 0.3) is 17.6 Å². The highest BCUT2D eigenvalue weighted by Gasteiger charge is 2.44. The number of rotatable bonds is 7. The van der Waals surface area contributed by atoms with Crippen molar-refractivity contribution in [3.05, 3.63) is 48.0 Å². The van der Waals surface area contributed by atoms with Crippen LogP contribution in [0.1, 0.15) is 36.0 Å². The Bertz CT molecular complexity index is 1030. The molecular formula is C23H24N2O7. The molecule has 0 aromatic heterocycles. The van der Waals surface area contributed by atoms with Gasteiger partial charge in [-0.25, -0.2) is 0 Å². The molecule has 2 aliphatic rings. The molecule has 1 fully saturated rings. The topological polar surface area (TPSA) is 112 Å². The molecular weight excluding hydrogens is 416 g/mol. The molecule has 0 atom stereocenters. The number of carbonyl (C=O) groups excluding carboxylic acids is 3. The van der Waals surface area contributed by atoms with Crippen LogP contribution < -0.4 is 24.8 Å². The third-order valence-electron chi connectivity index (χ3n) is 5.27. The molecule has 2 amide bonds. The first-order valence-corrected chi connectivity index (χ1v) is 10.4. The van der Waals surface area contributed by atoms with Crippen LogP contribution in [0.3, 0.4) is 0 Å². The molecule has 0 bridgehead atoms. The van der Waals surface area contributed by atoms with Crippen LogP contribution in [0.25, 0.3) is 0 Å². The second kappa shape index (κ2) is 9.17. The van der Waals surface area contributed by atoms with Gasteiger partial charge in [0.05, 0.1) is 7.11 Å². The fraction of sp³-hybridized carbons (Fsp3) is 0.348. The van der Waals surface area contributed by atoms with Gasteiger partial charge >= 0.3 is 5.97 Å². The van der Waals surface area contributed by atoms with E-state index in [0.717, 1.165) is 25.7 Å². The van der Waals surface area contributed by atoms with Gasteiger partial charge in [0.15, 0.2) is 18.1 Å². The zero-order chi connectivity index (χ0) is 22.6.